The second-order valence-corrected chi connectivity index (χ2v) is 4.51. The van der Waals surface area contributed by atoms with Gasteiger partial charge in [-0.3, -0.25) is 0 Å². The van der Waals surface area contributed by atoms with E-state index in [9.17, 15) is 0 Å². The van der Waals surface area contributed by atoms with Crippen LogP contribution in [0.5, 0.6) is 0 Å². The maximum absolute atomic E-state index is 2.35. The molecule has 0 aromatic rings. The fraction of sp³-hybridized carbons (Fsp3) is 0.750. The lowest BCUT2D eigenvalue weighted by atomic mass is 10.1. The van der Waals surface area contributed by atoms with Gasteiger partial charge in [0.25, 0.3) is 0 Å². The Morgan fingerprint density at radius 1 is 0.500 bits per heavy atom. The van der Waals surface area contributed by atoms with E-state index >= 15 is 0 Å². The number of hydrogen-bond acceptors (Lipinski definition) is 0. The van der Waals surface area contributed by atoms with Crippen LogP contribution in [0.15, 0.2) is 24.3 Å². The Bertz CT molecular complexity index is 145. The van der Waals surface area contributed by atoms with E-state index in [4.69, 9.17) is 0 Å². The van der Waals surface area contributed by atoms with Crippen LogP contribution in [0, 0.1) is 0 Å². The summed E-state index contributed by atoms with van der Waals surface area (Å²) < 4.78 is 0. The first kappa shape index (κ1) is 15.5. The van der Waals surface area contributed by atoms with Gasteiger partial charge in [0.1, 0.15) is 0 Å². The molecule has 0 fully saturated rings. The van der Waals surface area contributed by atoms with Gasteiger partial charge in [0, 0.05) is 0 Å². The Morgan fingerprint density at radius 2 is 0.875 bits per heavy atom. The molecule has 0 heterocycles. The van der Waals surface area contributed by atoms with Gasteiger partial charge in [-0.25, -0.2) is 0 Å². The average molecular weight is 222 g/mol. The van der Waals surface area contributed by atoms with Gasteiger partial charge in [0.2, 0.25) is 0 Å². The summed E-state index contributed by atoms with van der Waals surface area (Å²) in [6.45, 7) is 4.51. The molecule has 0 bridgehead atoms. The predicted octanol–water partition coefficient (Wildman–Crippen LogP) is 6.04. The zero-order valence-electron chi connectivity index (χ0n) is 11.4. The van der Waals surface area contributed by atoms with E-state index in [1.807, 2.05) is 0 Å². The molecule has 94 valence electrons. The van der Waals surface area contributed by atoms with Crippen LogP contribution in [-0.4, -0.2) is 0 Å². The van der Waals surface area contributed by atoms with E-state index in [0.717, 1.165) is 0 Å². The van der Waals surface area contributed by atoms with Gasteiger partial charge in [-0.1, -0.05) is 63.8 Å². The summed E-state index contributed by atoms with van der Waals surface area (Å²) >= 11 is 0. The molecule has 0 aromatic carbocycles. The van der Waals surface area contributed by atoms with Crippen molar-refractivity contribution in [1.29, 1.82) is 0 Å². The van der Waals surface area contributed by atoms with Crippen molar-refractivity contribution < 1.29 is 0 Å². The molecular weight excluding hydrogens is 192 g/mol. The lowest BCUT2D eigenvalue weighted by Crippen LogP contribution is -1.72. The van der Waals surface area contributed by atoms with Crippen LogP contribution in [0.4, 0.5) is 0 Å². The molecule has 0 unspecified atom stereocenters. The predicted molar refractivity (Wildman–Crippen MR) is 75.8 cm³/mol. The first-order chi connectivity index (χ1) is 7.91. The van der Waals surface area contributed by atoms with Gasteiger partial charge in [-0.15, -0.1) is 0 Å². The summed E-state index contributed by atoms with van der Waals surface area (Å²) in [6.07, 6.45) is 22.5. The van der Waals surface area contributed by atoms with Crippen molar-refractivity contribution in [3.8, 4) is 0 Å². The maximum atomic E-state index is 2.35. The minimum atomic E-state index is 1.22. The highest BCUT2D eigenvalue weighted by Gasteiger charge is 1.83. The topological polar surface area (TPSA) is 0 Å². The zero-order chi connectivity index (χ0) is 11.9. The molecule has 0 spiro atoms. The molecule has 0 saturated heterocycles. The van der Waals surface area contributed by atoms with E-state index in [0.29, 0.717) is 0 Å². The first-order valence-corrected chi connectivity index (χ1v) is 7.21. The summed E-state index contributed by atoms with van der Waals surface area (Å²) in [5.74, 6) is 0. The summed E-state index contributed by atoms with van der Waals surface area (Å²) in [5.41, 5.74) is 0. The van der Waals surface area contributed by atoms with Crippen molar-refractivity contribution in [1.82, 2.24) is 0 Å². The Kier molecular flexibility index (Phi) is 14.0. The monoisotopic (exact) mass is 222 g/mol. The van der Waals surface area contributed by atoms with Crippen molar-refractivity contribution >= 4 is 0 Å². The van der Waals surface area contributed by atoms with Gasteiger partial charge < -0.3 is 0 Å². The van der Waals surface area contributed by atoms with E-state index in [2.05, 4.69) is 38.2 Å². The second-order valence-electron chi connectivity index (χ2n) is 4.51. The van der Waals surface area contributed by atoms with E-state index in [-0.39, 0.29) is 0 Å². The molecule has 0 aliphatic rings. The normalized spacial score (nSPS) is 11.9. The molecule has 0 atom stereocenters. The lowest BCUT2D eigenvalue weighted by molar-refractivity contribution is 0.726. The Morgan fingerprint density at radius 3 is 1.25 bits per heavy atom. The Labute approximate surface area is 103 Å². The van der Waals surface area contributed by atoms with Crippen molar-refractivity contribution in [3.63, 3.8) is 0 Å². The number of unbranched alkanes of at least 4 members (excludes halogenated alkanes) is 7. The molecule has 0 radical (unpaired) electrons. The van der Waals surface area contributed by atoms with Crippen LogP contribution in [0.3, 0.4) is 0 Å². The largest absolute Gasteiger partial charge is 0.0885 e. The van der Waals surface area contributed by atoms with Crippen molar-refractivity contribution in [2.45, 2.75) is 78.1 Å². The minimum Gasteiger partial charge on any atom is -0.0885 e. The van der Waals surface area contributed by atoms with Crippen molar-refractivity contribution in [2.24, 2.45) is 0 Å². The van der Waals surface area contributed by atoms with Gasteiger partial charge in [0.15, 0.2) is 0 Å². The van der Waals surface area contributed by atoms with Crippen LogP contribution < -0.4 is 0 Å². The highest BCUT2D eigenvalue weighted by atomic mass is 13.9. The van der Waals surface area contributed by atoms with Crippen molar-refractivity contribution in [2.75, 3.05) is 0 Å². The summed E-state index contributed by atoms with van der Waals surface area (Å²) in [4.78, 5) is 0. The molecular formula is C16H30. The van der Waals surface area contributed by atoms with Gasteiger partial charge in [-0.05, 0) is 38.5 Å². The van der Waals surface area contributed by atoms with Crippen LogP contribution in [0.2, 0.25) is 0 Å². The lowest BCUT2D eigenvalue weighted by Gasteiger charge is -1.92. The molecule has 0 aliphatic heterocycles. The summed E-state index contributed by atoms with van der Waals surface area (Å²) in [6, 6.07) is 0. The zero-order valence-corrected chi connectivity index (χ0v) is 11.4. The van der Waals surface area contributed by atoms with Crippen LogP contribution in [0.1, 0.15) is 78.1 Å². The van der Waals surface area contributed by atoms with Crippen molar-refractivity contribution in [3.05, 3.63) is 24.3 Å². The standard InChI is InChI=1S/C16H30/c1-3-5-7-9-11-13-15-16-14-12-10-8-6-4-2/h11-14H,3-10,15-16H2,1-2H3. The Balaban J connectivity index is 3.12. The SMILES string of the molecule is CCCCCC=CCCC=CCCCCC. The van der Waals surface area contributed by atoms with E-state index in [1.165, 1.54) is 64.2 Å². The quantitative estimate of drug-likeness (QED) is 0.295. The highest BCUT2D eigenvalue weighted by Crippen LogP contribution is 2.03. The number of rotatable bonds is 11. The average Bonchev–Trinajstić information content (AvgIpc) is 2.31. The summed E-state index contributed by atoms with van der Waals surface area (Å²) in [5, 5.41) is 0. The molecule has 0 saturated carbocycles. The number of allylic oxidation sites excluding steroid dienone is 4. The fourth-order valence-electron chi connectivity index (χ4n) is 1.69. The molecule has 16 heavy (non-hydrogen) atoms. The highest BCUT2D eigenvalue weighted by molar-refractivity contribution is 4.87. The minimum absolute atomic E-state index is 1.22. The first-order valence-electron chi connectivity index (χ1n) is 7.21. The smallest absolute Gasteiger partial charge is 0.0316 e. The third-order valence-electron chi connectivity index (χ3n) is 2.78. The van der Waals surface area contributed by atoms with Gasteiger partial charge in [-0.2, -0.15) is 0 Å². The third-order valence-corrected chi connectivity index (χ3v) is 2.78. The van der Waals surface area contributed by atoms with Crippen LogP contribution in [-0.2, 0) is 0 Å². The van der Waals surface area contributed by atoms with Gasteiger partial charge in [0.05, 0.1) is 0 Å². The Hall–Kier alpha value is -0.520. The molecule has 0 amide bonds. The third kappa shape index (κ3) is 13.5. The van der Waals surface area contributed by atoms with Crippen LogP contribution in [0.25, 0.3) is 0 Å². The molecule has 0 aliphatic carbocycles. The molecule has 0 N–H and O–H groups in total. The van der Waals surface area contributed by atoms with Crippen LogP contribution >= 0.6 is 0 Å². The molecule has 0 aromatic heterocycles. The molecule has 0 heteroatoms. The van der Waals surface area contributed by atoms with E-state index in [1.54, 1.807) is 0 Å². The molecule has 0 nitrogen and oxygen atoms in total. The summed E-state index contributed by atoms with van der Waals surface area (Å²) in [7, 11) is 0. The molecule has 0 rings (SSSR count). The second kappa shape index (κ2) is 14.5. The van der Waals surface area contributed by atoms with E-state index < -0.39 is 0 Å². The van der Waals surface area contributed by atoms with Gasteiger partial charge >= 0.3 is 0 Å². The number of hydrogen-bond donors (Lipinski definition) is 0. The maximum Gasteiger partial charge on any atom is -0.0316 e. The fourth-order valence-corrected chi connectivity index (χ4v) is 1.69.